The van der Waals surface area contributed by atoms with E-state index in [2.05, 4.69) is 15.0 Å². The molecule has 0 atom stereocenters. The summed E-state index contributed by atoms with van der Waals surface area (Å²) in [4.78, 5) is 11.6. The van der Waals surface area contributed by atoms with Gasteiger partial charge in [-0.3, -0.25) is 0 Å². The molecule has 0 fully saturated rings. The van der Waals surface area contributed by atoms with Gasteiger partial charge in [-0.05, 0) is 24.3 Å². The highest BCUT2D eigenvalue weighted by Gasteiger charge is 2.11. The third-order valence-electron chi connectivity index (χ3n) is 3.33. The van der Waals surface area contributed by atoms with E-state index < -0.39 is 0 Å². The fourth-order valence-electron chi connectivity index (χ4n) is 2.41. The number of benzene rings is 1. The van der Waals surface area contributed by atoms with Gasteiger partial charge in [0, 0.05) is 29.6 Å². The molecule has 0 spiro atoms. The number of nitrogens with one attached hydrogen (secondary N) is 1. The van der Waals surface area contributed by atoms with Gasteiger partial charge in [0.1, 0.15) is 16.3 Å². The molecule has 21 heavy (non-hydrogen) atoms. The second-order valence-corrected chi connectivity index (χ2v) is 5.63. The summed E-state index contributed by atoms with van der Waals surface area (Å²) in [6, 6.07) is 7.51. The summed E-state index contributed by atoms with van der Waals surface area (Å²) < 4.78 is 5.56. The van der Waals surface area contributed by atoms with Crippen LogP contribution in [0.25, 0.3) is 33.3 Å². The van der Waals surface area contributed by atoms with Gasteiger partial charge in [-0.1, -0.05) is 23.2 Å². The maximum absolute atomic E-state index is 6.36. The molecule has 104 valence electrons. The van der Waals surface area contributed by atoms with Gasteiger partial charge >= 0.3 is 0 Å². The number of rotatable bonds is 1. The van der Waals surface area contributed by atoms with Gasteiger partial charge in [0.05, 0.1) is 5.02 Å². The SMILES string of the molecule is Cc1nc2cc(Cl)c(-c3cnc4[nH]c(Cl)cc4c3)cc2o1. The number of hydrogen-bond acceptors (Lipinski definition) is 3. The van der Waals surface area contributed by atoms with Crippen LogP contribution in [0.1, 0.15) is 5.89 Å². The predicted octanol–water partition coefficient (Wildman–Crippen LogP) is 4.99. The number of oxazole rings is 1. The van der Waals surface area contributed by atoms with Gasteiger partial charge < -0.3 is 9.40 Å². The minimum atomic E-state index is 0.557. The number of aromatic amines is 1. The first-order valence-electron chi connectivity index (χ1n) is 6.31. The molecule has 3 aromatic heterocycles. The van der Waals surface area contributed by atoms with Crippen LogP contribution in [0.15, 0.2) is 34.9 Å². The quantitative estimate of drug-likeness (QED) is 0.538. The van der Waals surface area contributed by atoms with Gasteiger partial charge in [0.15, 0.2) is 11.5 Å². The molecule has 0 saturated heterocycles. The van der Waals surface area contributed by atoms with Crippen molar-refractivity contribution in [2.75, 3.05) is 0 Å². The first-order valence-corrected chi connectivity index (χ1v) is 7.07. The van der Waals surface area contributed by atoms with Gasteiger partial charge in [-0.15, -0.1) is 0 Å². The van der Waals surface area contributed by atoms with Crippen molar-refractivity contribution in [3.05, 3.63) is 46.5 Å². The Hall–Kier alpha value is -2.04. The summed E-state index contributed by atoms with van der Waals surface area (Å²) in [6.07, 6.45) is 1.76. The summed E-state index contributed by atoms with van der Waals surface area (Å²) >= 11 is 12.3. The molecular weight excluding hydrogens is 309 g/mol. The van der Waals surface area contributed by atoms with Gasteiger partial charge in [0.2, 0.25) is 0 Å². The average molecular weight is 318 g/mol. The Balaban J connectivity index is 1.95. The van der Waals surface area contributed by atoms with E-state index in [0.29, 0.717) is 21.6 Å². The number of pyridine rings is 1. The summed E-state index contributed by atoms with van der Waals surface area (Å²) in [5, 5.41) is 2.10. The van der Waals surface area contributed by atoms with Crippen LogP contribution >= 0.6 is 23.2 Å². The highest BCUT2D eigenvalue weighted by atomic mass is 35.5. The minimum Gasteiger partial charge on any atom is -0.441 e. The number of nitrogens with zero attached hydrogens (tertiary/aromatic N) is 2. The Kier molecular flexibility index (Phi) is 2.71. The van der Waals surface area contributed by atoms with Crippen LogP contribution in [-0.2, 0) is 0 Å². The summed E-state index contributed by atoms with van der Waals surface area (Å²) in [6.45, 7) is 1.81. The van der Waals surface area contributed by atoms with Crippen molar-refractivity contribution in [3.63, 3.8) is 0 Å². The Labute approximate surface area is 129 Å². The van der Waals surface area contributed by atoms with Crippen LogP contribution in [0.3, 0.4) is 0 Å². The molecule has 3 heterocycles. The summed E-state index contributed by atoms with van der Waals surface area (Å²) in [7, 11) is 0. The highest BCUT2D eigenvalue weighted by Crippen LogP contribution is 2.33. The Morgan fingerprint density at radius 3 is 2.86 bits per heavy atom. The number of H-pyrrole nitrogens is 1. The van der Waals surface area contributed by atoms with Gasteiger partial charge in [-0.25, -0.2) is 9.97 Å². The van der Waals surface area contributed by atoms with E-state index in [1.807, 2.05) is 25.1 Å². The maximum Gasteiger partial charge on any atom is 0.192 e. The zero-order chi connectivity index (χ0) is 14.6. The molecule has 6 heteroatoms. The van der Waals surface area contributed by atoms with Crippen LogP contribution in [0.2, 0.25) is 10.2 Å². The van der Waals surface area contributed by atoms with Crippen LogP contribution < -0.4 is 0 Å². The molecule has 1 N–H and O–H groups in total. The van der Waals surface area contributed by atoms with Crippen molar-refractivity contribution in [2.45, 2.75) is 6.92 Å². The number of hydrogen-bond donors (Lipinski definition) is 1. The Morgan fingerprint density at radius 1 is 1.14 bits per heavy atom. The van der Waals surface area contributed by atoms with Crippen molar-refractivity contribution in [1.82, 2.24) is 15.0 Å². The third kappa shape index (κ3) is 2.07. The molecule has 4 aromatic rings. The number of fused-ring (bicyclic) bond motifs is 2. The number of aryl methyl sites for hydroxylation is 1. The normalized spacial score (nSPS) is 11.6. The largest absolute Gasteiger partial charge is 0.441 e. The minimum absolute atomic E-state index is 0.557. The molecule has 4 rings (SSSR count). The van der Waals surface area contributed by atoms with Gasteiger partial charge in [0.25, 0.3) is 0 Å². The summed E-state index contributed by atoms with van der Waals surface area (Å²) in [5.74, 6) is 0.615. The molecule has 0 saturated carbocycles. The number of halogens is 2. The lowest BCUT2D eigenvalue weighted by molar-refractivity contribution is 0.561. The lowest BCUT2D eigenvalue weighted by atomic mass is 10.1. The molecule has 0 aliphatic heterocycles. The monoisotopic (exact) mass is 317 g/mol. The second-order valence-electron chi connectivity index (χ2n) is 4.81. The third-order valence-corrected chi connectivity index (χ3v) is 3.85. The van der Waals surface area contributed by atoms with Crippen LogP contribution in [0.4, 0.5) is 0 Å². The Morgan fingerprint density at radius 2 is 2.00 bits per heavy atom. The lowest BCUT2D eigenvalue weighted by Crippen LogP contribution is -1.83. The zero-order valence-electron chi connectivity index (χ0n) is 10.9. The van der Waals surface area contributed by atoms with E-state index in [0.717, 1.165) is 27.7 Å². The van der Waals surface area contributed by atoms with Crippen molar-refractivity contribution in [1.29, 1.82) is 0 Å². The molecule has 0 amide bonds. The van der Waals surface area contributed by atoms with E-state index >= 15 is 0 Å². The first kappa shape index (κ1) is 12.7. The van der Waals surface area contributed by atoms with Crippen molar-refractivity contribution in [3.8, 4) is 11.1 Å². The van der Waals surface area contributed by atoms with Crippen LogP contribution in [0.5, 0.6) is 0 Å². The summed E-state index contributed by atoms with van der Waals surface area (Å²) in [5.41, 5.74) is 3.96. The second kappa shape index (κ2) is 4.48. The predicted molar refractivity (Wildman–Crippen MR) is 83.9 cm³/mol. The maximum atomic E-state index is 6.36. The first-order chi connectivity index (χ1) is 10.1. The number of aromatic nitrogens is 3. The van der Waals surface area contributed by atoms with Crippen molar-refractivity contribution >= 4 is 45.3 Å². The van der Waals surface area contributed by atoms with Gasteiger partial charge in [-0.2, -0.15) is 0 Å². The molecule has 1 aromatic carbocycles. The standard InChI is InChI=1S/C15H9Cl2N3O/c1-7-19-12-5-11(16)10(4-13(12)21-7)9-2-8-3-14(17)20-15(8)18-6-9/h2-6H,1H3,(H,18,20). The zero-order valence-corrected chi connectivity index (χ0v) is 12.5. The topological polar surface area (TPSA) is 54.7 Å². The molecule has 0 bridgehead atoms. The van der Waals surface area contributed by atoms with E-state index in [1.165, 1.54) is 0 Å². The van der Waals surface area contributed by atoms with Crippen LogP contribution in [-0.4, -0.2) is 15.0 Å². The molecular formula is C15H9Cl2N3O. The fraction of sp³-hybridized carbons (Fsp3) is 0.0667. The van der Waals surface area contributed by atoms with E-state index in [4.69, 9.17) is 27.6 Å². The molecule has 4 nitrogen and oxygen atoms in total. The Bertz CT molecular complexity index is 987. The highest BCUT2D eigenvalue weighted by molar-refractivity contribution is 6.34. The molecule has 0 aliphatic carbocycles. The van der Waals surface area contributed by atoms with E-state index in [9.17, 15) is 0 Å². The molecule has 0 aliphatic rings. The lowest BCUT2D eigenvalue weighted by Gasteiger charge is -2.04. The van der Waals surface area contributed by atoms with Crippen molar-refractivity contribution < 1.29 is 4.42 Å². The van der Waals surface area contributed by atoms with Crippen molar-refractivity contribution in [2.24, 2.45) is 0 Å². The van der Waals surface area contributed by atoms with E-state index in [-0.39, 0.29) is 0 Å². The molecule has 0 radical (unpaired) electrons. The fourth-order valence-corrected chi connectivity index (χ4v) is 2.89. The molecule has 0 unspecified atom stereocenters. The smallest absolute Gasteiger partial charge is 0.192 e. The van der Waals surface area contributed by atoms with Crippen LogP contribution in [0, 0.1) is 6.92 Å². The average Bonchev–Trinajstić information content (AvgIpc) is 2.97. The van der Waals surface area contributed by atoms with E-state index in [1.54, 1.807) is 12.3 Å².